The van der Waals surface area contributed by atoms with Crippen molar-refractivity contribution in [1.29, 1.82) is 0 Å². The van der Waals surface area contributed by atoms with Crippen LogP contribution in [0.4, 0.5) is 0 Å². The van der Waals surface area contributed by atoms with E-state index < -0.39 is 0 Å². The van der Waals surface area contributed by atoms with Crippen molar-refractivity contribution in [2.24, 2.45) is 0 Å². The first-order valence-corrected chi connectivity index (χ1v) is 7.95. The summed E-state index contributed by atoms with van der Waals surface area (Å²) in [5, 5.41) is 12.6. The number of rotatable bonds is 0. The van der Waals surface area contributed by atoms with Crippen LogP contribution >= 0.6 is 0 Å². The van der Waals surface area contributed by atoms with E-state index in [0.29, 0.717) is 5.75 Å². The van der Waals surface area contributed by atoms with Gasteiger partial charge in [0, 0.05) is 22.3 Å². The molecule has 2 nitrogen and oxygen atoms in total. The molecule has 2 heterocycles. The molecule has 0 amide bonds. The number of phenols is 1. The van der Waals surface area contributed by atoms with Crippen molar-refractivity contribution in [2.75, 3.05) is 0 Å². The number of benzene rings is 3. The number of phenolic OH excluding ortho intramolecular Hbond substituents is 1. The van der Waals surface area contributed by atoms with Crippen LogP contribution in [0.15, 0.2) is 60.7 Å². The molecular weight excluding hydrogens is 282 g/mol. The van der Waals surface area contributed by atoms with Crippen LogP contribution in [0.1, 0.15) is 25.0 Å². The third-order valence-electron chi connectivity index (χ3n) is 5.26. The Bertz CT molecular complexity index is 1100. The van der Waals surface area contributed by atoms with Crippen molar-refractivity contribution in [3.8, 4) is 11.4 Å². The minimum absolute atomic E-state index is 0.0904. The zero-order valence-electron chi connectivity index (χ0n) is 13.2. The number of nitrogens with zero attached hydrogens (tertiary/aromatic N) is 1. The van der Waals surface area contributed by atoms with Crippen LogP contribution in [-0.4, -0.2) is 9.67 Å². The van der Waals surface area contributed by atoms with E-state index in [9.17, 15) is 5.11 Å². The quantitative estimate of drug-likeness (QED) is 0.478. The average molecular weight is 299 g/mol. The Hall–Kier alpha value is -2.74. The lowest BCUT2D eigenvalue weighted by molar-refractivity contribution is 0.474. The Morgan fingerprint density at radius 1 is 0.826 bits per heavy atom. The van der Waals surface area contributed by atoms with Gasteiger partial charge in [0.25, 0.3) is 0 Å². The van der Waals surface area contributed by atoms with Crippen LogP contribution in [0.2, 0.25) is 0 Å². The standard InChI is InChI=1S/C21H17NO/c1-21(2)16-11-10-13(23)12-19(16)22-18-9-4-3-6-14(18)15-7-5-8-17(21)20(15)22/h3-12,23H,1-2H3. The summed E-state index contributed by atoms with van der Waals surface area (Å²) in [6, 6.07) is 20.8. The van der Waals surface area contributed by atoms with Crippen LogP contribution in [0.3, 0.4) is 0 Å². The molecule has 0 unspecified atom stereocenters. The van der Waals surface area contributed by atoms with Crippen molar-refractivity contribution in [3.63, 3.8) is 0 Å². The highest BCUT2D eigenvalue weighted by Gasteiger charge is 2.34. The second-order valence-corrected chi connectivity index (χ2v) is 6.88. The summed E-state index contributed by atoms with van der Waals surface area (Å²) in [7, 11) is 0. The summed E-state index contributed by atoms with van der Waals surface area (Å²) in [5.74, 6) is 0.310. The topological polar surface area (TPSA) is 25.2 Å². The molecule has 2 heteroatoms. The molecule has 5 rings (SSSR count). The molecule has 1 aliphatic rings. The van der Waals surface area contributed by atoms with Crippen LogP contribution in [-0.2, 0) is 5.41 Å². The average Bonchev–Trinajstić information content (AvgIpc) is 2.88. The Balaban J connectivity index is 2.13. The van der Waals surface area contributed by atoms with Gasteiger partial charge in [0.15, 0.2) is 0 Å². The van der Waals surface area contributed by atoms with Gasteiger partial charge >= 0.3 is 0 Å². The van der Waals surface area contributed by atoms with E-state index in [4.69, 9.17) is 0 Å². The maximum atomic E-state index is 10.1. The van der Waals surface area contributed by atoms with Crippen LogP contribution in [0.25, 0.3) is 27.5 Å². The van der Waals surface area contributed by atoms with Crippen molar-refractivity contribution < 1.29 is 5.11 Å². The molecule has 1 aromatic heterocycles. The smallest absolute Gasteiger partial charge is 0.117 e. The molecule has 23 heavy (non-hydrogen) atoms. The maximum Gasteiger partial charge on any atom is 0.117 e. The van der Waals surface area contributed by atoms with E-state index in [0.717, 1.165) is 5.69 Å². The highest BCUT2D eigenvalue weighted by Crippen LogP contribution is 2.47. The maximum absolute atomic E-state index is 10.1. The number of aromatic nitrogens is 1. The monoisotopic (exact) mass is 299 g/mol. The highest BCUT2D eigenvalue weighted by atomic mass is 16.3. The Kier molecular flexibility index (Phi) is 2.20. The van der Waals surface area contributed by atoms with Crippen LogP contribution < -0.4 is 0 Å². The van der Waals surface area contributed by atoms with Gasteiger partial charge in [-0.2, -0.15) is 0 Å². The molecule has 0 bridgehead atoms. The van der Waals surface area contributed by atoms with Crippen molar-refractivity contribution in [2.45, 2.75) is 19.3 Å². The molecule has 0 atom stereocenters. The zero-order chi connectivity index (χ0) is 15.8. The van der Waals surface area contributed by atoms with Crippen molar-refractivity contribution in [1.82, 2.24) is 4.57 Å². The number of hydrogen-bond donors (Lipinski definition) is 1. The first kappa shape index (κ1) is 12.8. The Morgan fingerprint density at radius 3 is 2.48 bits per heavy atom. The van der Waals surface area contributed by atoms with E-state index in [1.165, 1.54) is 32.9 Å². The first-order chi connectivity index (χ1) is 11.1. The SMILES string of the molecule is CC1(C)c2ccc(O)cc2-n2c3ccccc3c3cccc1c32. The molecule has 0 saturated carbocycles. The van der Waals surface area contributed by atoms with E-state index >= 15 is 0 Å². The molecule has 0 radical (unpaired) electrons. The van der Waals surface area contributed by atoms with Gasteiger partial charge < -0.3 is 9.67 Å². The predicted octanol–water partition coefficient (Wildman–Crippen LogP) is 5.13. The largest absolute Gasteiger partial charge is 0.508 e. The fourth-order valence-electron chi connectivity index (χ4n) is 4.15. The number of aromatic hydroxyl groups is 1. The summed E-state index contributed by atoms with van der Waals surface area (Å²) in [6.45, 7) is 4.53. The summed E-state index contributed by atoms with van der Waals surface area (Å²) in [6.07, 6.45) is 0. The molecule has 112 valence electrons. The molecule has 3 aromatic carbocycles. The third kappa shape index (κ3) is 1.43. The fourth-order valence-corrected chi connectivity index (χ4v) is 4.15. The van der Waals surface area contributed by atoms with Crippen LogP contribution in [0, 0.1) is 0 Å². The molecule has 0 spiro atoms. The van der Waals surface area contributed by atoms with E-state index in [2.05, 4.69) is 66.9 Å². The Labute approximate surface area is 134 Å². The van der Waals surface area contributed by atoms with Gasteiger partial charge in [-0.3, -0.25) is 0 Å². The normalized spacial score (nSPS) is 15.0. The second-order valence-electron chi connectivity index (χ2n) is 6.88. The fraction of sp³-hybridized carbons (Fsp3) is 0.143. The number of fused-ring (bicyclic) bond motifs is 5. The highest BCUT2D eigenvalue weighted by molar-refractivity contribution is 6.11. The van der Waals surface area contributed by atoms with E-state index in [1.807, 2.05) is 6.07 Å². The molecule has 4 aromatic rings. The third-order valence-corrected chi connectivity index (χ3v) is 5.26. The van der Waals surface area contributed by atoms with Gasteiger partial charge in [0.1, 0.15) is 5.75 Å². The lowest BCUT2D eigenvalue weighted by Gasteiger charge is -2.34. The molecule has 0 aliphatic carbocycles. The minimum atomic E-state index is -0.0904. The molecule has 0 fully saturated rings. The van der Waals surface area contributed by atoms with Crippen LogP contribution in [0.5, 0.6) is 5.75 Å². The predicted molar refractivity (Wildman–Crippen MR) is 94.6 cm³/mol. The summed E-state index contributed by atoms with van der Waals surface area (Å²) in [4.78, 5) is 0. The van der Waals surface area contributed by atoms with Gasteiger partial charge in [-0.25, -0.2) is 0 Å². The molecule has 0 saturated heterocycles. The Morgan fingerprint density at radius 2 is 1.61 bits per heavy atom. The van der Waals surface area contributed by atoms with Gasteiger partial charge in [-0.1, -0.05) is 56.3 Å². The summed E-state index contributed by atoms with van der Waals surface area (Å²) >= 11 is 0. The zero-order valence-corrected chi connectivity index (χ0v) is 13.2. The molecule has 1 aliphatic heterocycles. The lowest BCUT2D eigenvalue weighted by atomic mass is 9.74. The van der Waals surface area contributed by atoms with Gasteiger partial charge in [0.05, 0.1) is 16.7 Å². The van der Waals surface area contributed by atoms with E-state index in [1.54, 1.807) is 6.07 Å². The van der Waals surface area contributed by atoms with Crippen molar-refractivity contribution in [3.05, 3.63) is 71.8 Å². The molecule has 1 N–H and O–H groups in total. The van der Waals surface area contributed by atoms with Crippen molar-refractivity contribution >= 4 is 21.8 Å². The van der Waals surface area contributed by atoms with Gasteiger partial charge in [0.2, 0.25) is 0 Å². The lowest BCUT2D eigenvalue weighted by Crippen LogP contribution is -2.26. The van der Waals surface area contributed by atoms with Gasteiger partial charge in [-0.15, -0.1) is 0 Å². The summed E-state index contributed by atoms with van der Waals surface area (Å²) < 4.78 is 2.31. The summed E-state index contributed by atoms with van der Waals surface area (Å²) in [5.41, 5.74) is 6.03. The minimum Gasteiger partial charge on any atom is -0.508 e. The van der Waals surface area contributed by atoms with E-state index in [-0.39, 0.29) is 5.41 Å². The molecular formula is C21H17NO. The number of para-hydroxylation sites is 2. The van der Waals surface area contributed by atoms with Gasteiger partial charge in [-0.05, 0) is 23.3 Å². The first-order valence-electron chi connectivity index (χ1n) is 7.95. The second kappa shape index (κ2) is 3.96. The number of hydrogen-bond acceptors (Lipinski definition) is 1.